The van der Waals surface area contributed by atoms with Crippen LogP contribution >= 0.6 is 0 Å². The molecule has 0 aliphatic heterocycles. The Morgan fingerprint density at radius 2 is 2.04 bits per heavy atom. The number of hydrogen-bond donors (Lipinski definition) is 1. The Labute approximate surface area is 137 Å². The lowest BCUT2D eigenvalue weighted by molar-refractivity contribution is -0.137. The van der Waals surface area contributed by atoms with Gasteiger partial charge >= 0.3 is 6.18 Å². The smallest absolute Gasteiger partial charge is 0.360 e. The number of nitrogens with one attached hydrogen (secondary N) is 1. The summed E-state index contributed by atoms with van der Waals surface area (Å²) >= 11 is 0. The SMILES string of the molecule is CCN(CC(=O)Nc1ccccc1C(F)(F)F)Cc1cc(C)no1. The molecule has 1 amide bonds. The first kappa shape index (κ1) is 18.0. The second kappa shape index (κ2) is 7.48. The first-order valence-corrected chi connectivity index (χ1v) is 7.40. The van der Waals surface area contributed by atoms with Gasteiger partial charge in [0, 0.05) is 6.07 Å². The predicted molar refractivity (Wildman–Crippen MR) is 82.3 cm³/mol. The van der Waals surface area contributed by atoms with Crippen molar-refractivity contribution in [2.45, 2.75) is 26.6 Å². The third-order valence-electron chi connectivity index (χ3n) is 3.38. The molecule has 0 unspecified atom stereocenters. The standard InChI is InChI=1S/C16H18F3N3O2/c1-3-22(9-12-8-11(2)21-24-12)10-15(23)20-14-7-5-4-6-13(14)16(17,18)19/h4-8H,3,9-10H2,1-2H3,(H,20,23). The number of hydrogen-bond acceptors (Lipinski definition) is 4. The van der Waals surface area contributed by atoms with Gasteiger partial charge in [-0.2, -0.15) is 13.2 Å². The molecule has 0 aliphatic carbocycles. The van der Waals surface area contributed by atoms with Gasteiger partial charge in [-0.15, -0.1) is 0 Å². The van der Waals surface area contributed by atoms with Crippen molar-refractivity contribution in [3.05, 3.63) is 47.3 Å². The van der Waals surface area contributed by atoms with E-state index in [1.54, 1.807) is 17.9 Å². The molecular formula is C16H18F3N3O2. The van der Waals surface area contributed by atoms with Crippen LogP contribution in [0.5, 0.6) is 0 Å². The van der Waals surface area contributed by atoms with Gasteiger partial charge in [0.2, 0.25) is 5.91 Å². The number of aryl methyl sites for hydroxylation is 1. The van der Waals surface area contributed by atoms with Gasteiger partial charge in [0.15, 0.2) is 5.76 Å². The zero-order valence-corrected chi connectivity index (χ0v) is 13.4. The summed E-state index contributed by atoms with van der Waals surface area (Å²) in [4.78, 5) is 13.8. The first-order chi connectivity index (χ1) is 11.3. The van der Waals surface area contributed by atoms with E-state index in [1.807, 2.05) is 6.92 Å². The first-order valence-electron chi connectivity index (χ1n) is 7.40. The minimum absolute atomic E-state index is 0.0531. The summed E-state index contributed by atoms with van der Waals surface area (Å²) < 4.78 is 43.9. The molecule has 0 fully saturated rings. The molecule has 5 nitrogen and oxygen atoms in total. The average molecular weight is 341 g/mol. The van der Waals surface area contributed by atoms with Gasteiger partial charge in [0.25, 0.3) is 0 Å². The van der Waals surface area contributed by atoms with Gasteiger partial charge in [-0.05, 0) is 25.6 Å². The fourth-order valence-corrected chi connectivity index (χ4v) is 2.22. The maximum atomic E-state index is 12.9. The number of likely N-dealkylation sites (N-methyl/N-ethyl adjacent to an activating group) is 1. The zero-order chi connectivity index (χ0) is 17.7. The quantitative estimate of drug-likeness (QED) is 0.874. The highest BCUT2D eigenvalue weighted by Crippen LogP contribution is 2.34. The Hall–Kier alpha value is -2.35. The van der Waals surface area contributed by atoms with Gasteiger partial charge in [-0.1, -0.05) is 24.2 Å². The van der Waals surface area contributed by atoms with Crippen LogP contribution in [-0.4, -0.2) is 29.1 Å². The van der Waals surface area contributed by atoms with Crippen molar-refractivity contribution < 1.29 is 22.5 Å². The zero-order valence-electron chi connectivity index (χ0n) is 13.4. The molecule has 24 heavy (non-hydrogen) atoms. The van der Waals surface area contributed by atoms with Crippen LogP contribution in [0.4, 0.5) is 18.9 Å². The van der Waals surface area contributed by atoms with Crippen LogP contribution in [-0.2, 0) is 17.5 Å². The second-order valence-corrected chi connectivity index (χ2v) is 5.33. The number of para-hydroxylation sites is 1. The van der Waals surface area contributed by atoms with Crippen LogP contribution in [0, 0.1) is 6.92 Å². The molecule has 130 valence electrons. The third-order valence-corrected chi connectivity index (χ3v) is 3.38. The summed E-state index contributed by atoms with van der Waals surface area (Å²) in [6.07, 6.45) is -4.52. The molecule has 2 aromatic rings. The lowest BCUT2D eigenvalue weighted by Gasteiger charge is -2.19. The number of benzene rings is 1. The summed E-state index contributed by atoms with van der Waals surface area (Å²) in [5, 5.41) is 6.09. The summed E-state index contributed by atoms with van der Waals surface area (Å²) in [5.41, 5.74) is -0.390. The fraction of sp³-hybridized carbons (Fsp3) is 0.375. The molecule has 0 radical (unpaired) electrons. The number of amides is 1. The highest BCUT2D eigenvalue weighted by atomic mass is 19.4. The van der Waals surface area contributed by atoms with Crippen LogP contribution in [0.15, 0.2) is 34.9 Å². The van der Waals surface area contributed by atoms with E-state index < -0.39 is 17.6 Å². The number of carbonyl (C=O) groups is 1. The molecule has 0 aliphatic rings. The molecule has 2 rings (SSSR count). The van der Waals surface area contributed by atoms with Crippen molar-refractivity contribution >= 4 is 11.6 Å². The van der Waals surface area contributed by atoms with Crippen molar-refractivity contribution in [1.29, 1.82) is 0 Å². The van der Waals surface area contributed by atoms with Crippen LogP contribution < -0.4 is 5.32 Å². The highest BCUT2D eigenvalue weighted by Gasteiger charge is 2.33. The second-order valence-electron chi connectivity index (χ2n) is 5.33. The van der Waals surface area contributed by atoms with Gasteiger partial charge in [-0.3, -0.25) is 9.69 Å². The molecule has 1 aromatic heterocycles. The monoisotopic (exact) mass is 341 g/mol. The Kier molecular flexibility index (Phi) is 5.61. The third kappa shape index (κ3) is 4.82. The van der Waals surface area contributed by atoms with Crippen LogP contribution in [0.25, 0.3) is 0 Å². The van der Waals surface area contributed by atoms with Gasteiger partial charge in [0.1, 0.15) is 0 Å². The number of halogens is 3. The maximum absolute atomic E-state index is 12.9. The van der Waals surface area contributed by atoms with Crippen LogP contribution in [0.1, 0.15) is 23.9 Å². The van der Waals surface area contributed by atoms with Gasteiger partial charge in [-0.25, -0.2) is 0 Å². The molecular weight excluding hydrogens is 323 g/mol. The van der Waals surface area contributed by atoms with Crippen molar-refractivity contribution in [2.75, 3.05) is 18.4 Å². The Morgan fingerprint density at radius 1 is 1.33 bits per heavy atom. The normalized spacial score (nSPS) is 11.8. The molecule has 1 N–H and O–H groups in total. The van der Waals surface area contributed by atoms with Crippen LogP contribution in [0.2, 0.25) is 0 Å². The molecule has 0 atom stereocenters. The number of rotatable bonds is 6. The average Bonchev–Trinajstić information content (AvgIpc) is 2.91. The number of anilines is 1. The summed E-state index contributed by atoms with van der Waals surface area (Å²) in [6, 6.07) is 6.64. The molecule has 8 heteroatoms. The minimum atomic E-state index is -4.52. The fourth-order valence-electron chi connectivity index (χ4n) is 2.22. The number of nitrogens with zero attached hydrogens (tertiary/aromatic N) is 2. The van der Waals surface area contributed by atoms with Gasteiger partial charge < -0.3 is 9.84 Å². The molecule has 0 bridgehead atoms. The molecule has 0 saturated carbocycles. The summed E-state index contributed by atoms with van der Waals surface area (Å²) in [5.74, 6) is 0.0719. The summed E-state index contributed by atoms with van der Waals surface area (Å²) in [7, 11) is 0. The lowest BCUT2D eigenvalue weighted by Crippen LogP contribution is -2.33. The topological polar surface area (TPSA) is 58.4 Å². The van der Waals surface area contributed by atoms with E-state index in [0.29, 0.717) is 18.8 Å². The number of carbonyl (C=O) groups excluding carboxylic acids is 1. The Morgan fingerprint density at radius 3 is 2.62 bits per heavy atom. The van der Waals surface area contributed by atoms with E-state index >= 15 is 0 Å². The van der Waals surface area contributed by atoms with Crippen molar-refractivity contribution in [1.82, 2.24) is 10.1 Å². The van der Waals surface area contributed by atoms with E-state index in [2.05, 4.69) is 10.5 Å². The Bertz CT molecular complexity index is 698. The van der Waals surface area contributed by atoms with Crippen molar-refractivity contribution in [2.24, 2.45) is 0 Å². The predicted octanol–water partition coefficient (Wildman–Crippen LogP) is 3.46. The Balaban J connectivity index is 2.02. The highest BCUT2D eigenvalue weighted by molar-refractivity contribution is 5.93. The lowest BCUT2D eigenvalue weighted by atomic mass is 10.1. The largest absolute Gasteiger partial charge is 0.418 e. The van der Waals surface area contributed by atoms with E-state index in [0.717, 1.165) is 11.8 Å². The molecule has 0 spiro atoms. The maximum Gasteiger partial charge on any atom is 0.418 e. The van der Waals surface area contributed by atoms with E-state index in [4.69, 9.17) is 4.52 Å². The summed E-state index contributed by atoms with van der Waals surface area (Å²) in [6.45, 7) is 4.46. The van der Waals surface area contributed by atoms with Crippen LogP contribution in [0.3, 0.4) is 0 Å². The molecule has 1 heterocycles. The van der Waals surface area contributed by atoms with E-state index in [1.165, 1.54) is 18.2 Å². The van der Waals surface area contributed by atoms with E-state index in [-0.39, 0.29) is 12.2 Å². The van der Waals surface area contributed by atoms with Crippen molar-refractivity contribution in [3.63, 3.8) is 0 Å². The van der Waals surface area contributed by atoms with Gasteiger partial charge in [0.05, 0.1) is 30.0 Å². The minimum Gasteiger partial charge on any atom is -0.360 e. The number of alkyl halides is 3. The van der Waals surface area contributed by atoms with Crippen molar-refractivity contribution in [3.8, 4) is 0 Å². The molecule has 0 saturated heterocycles. The number of aromatic nitrogens is 1. The molecule has 1 aromatic carbocycles. The van der Waals surface area contributed by atoms with E-state index in [9.17, 15) is 18.0 Å².